The number of rotatable bonds is 2. The Labute approximate surface area is 92.3 Å². The third-order valence-corrected chi connectivity index (χ3v) is 2.23. The summed E-state index contributed by atoms with van der Waals surface area (Å²) in [6.07, 6.45) is 0. The molecule has 0 N–H and O–H groups in total. The summed E-state index contributed by atoms with van der Waals surface area (Å²) in [6, 6.07) is 11.4. The van der Waals surface area contributed by atoms with E-state index in [-0.39, 0.29) is 11.5 Å². The van der Waals surface area contributed by atoms with Crippen molar-refractivity contribution in [2.45, 2.75) is 6.92 Å². The molecule has 0 spiro atoms. The lowest BCUT2D eigenvalue weighted by atomic mass is 10.1. The van der Waals surface area contributed by atoms with E-state index < -0.39 is 5.63 Å². The summed E-state index contributed by atoms with van der Waals surface area (Å²) >= 11 is 0. The first-order valence-corrected chi connectivity index (χ1v) is 4.88. The quantitative estimate of drug-likeness (QED) is 0.720. The Hall–Kier alpha value is -2.16. The van der Waals surface area contributed by atoms with E-state index in [1.807, 2.05) is 19.1 Å². The van der Waals surface area contributed by atoms with E-state index in [4.69, 9.17) is 4.42 Å². The Morgan fingerprint density at radius 1 is 1.06 bits per heavy atom. The maximum atomic E-state index is 11.9. The molecular formula is C13H10O3. The molecule has 80 valence electrons. The lowest BCUT2D eigenvalue weighted by Gasteiger charge is -1.99. The highest BCUT2D eigenvalue weighted by Gasteiger charge is 2.11. The second-order valence-electron chi connectivity index (χ2n) is 3.51. The minimum Gasteiger partial charge on any atom is -0.419 e. The first-order valence-electron chi connectivity index (χ1n) is 4.88. The number of benzene rings is 1. The number of aryl methyl sites for hydroxylation is 1. The largest absolute Gasteiger partial charge is 0.419 e. The molecule has 1 aromatic carbocycles. The van der Waals surface area contributed by atoms with Crippen molar-refractivity contribution in [3.05, 3.63) is 69.8 Å². The summed E-state index contributed by atoms with van der Waals surface area (Å²) < 4.78 is 4.82. The molecule has 0 aliphatic heterocycles. The highest BCUT2D eigenvalue weighted by Crippen LogP contribution is 2.09. The molecule has 1 aromatic heterocycles. The summed E-state index contributed by atoms with van der Waals surface area (Å²) in [5, 5.41) is 0. The van der Waals surface area contributed by atoms with Crippen LogP contribution in [0.25, 0.3) is 0 Å². The third-order valence-electron chi connectivity index (χ3n) is 2.23. The molecule has 3 nitrogen and oxygen atoms in total. The highest BCUT2D eigenvalue weighted by molar-refractivity contribution is 6.06. The van der Waals surface area contributed by atoms with Gasteiger partial charge in [-0.3, -0.25) is 4.79 Å². The predicted molar refractivity (Wildman–Crippen MR) is 59.6 cm³/mol. The smallest absolute Gasteiger partial charge is 0.336 e. The van der Waals surface area contributed by atoms with Crippen LogP contribution in [0.2, 0.25) is 0 Å². The highest BCUT2D eigenvalue weighted by atomic mass is 16.4. The molecule has 0 saturated heterocycles. The van der Waals surface area contributed by atoms with Crippen LogP contribution in [0.1, 0.15) is 21.7 Å². The van der Waals surface area contributed by atoms with Crippen LogP contribution in [0.15, 0.2) is 51.7 Å². The molecule has 3 heteroatoms. The molecule has 1 heterocycles. The van der Waals surface area contributed by atoms with Crippen molar-refractivity contribution >= 4 is 5.78 Å². The van der Waals surface area contributed by atoms with Crippen LogP contribution in [0.5, 0.6) is 0 Å². The van der Waals surface area contributed by atoms with Crippen molar-refractivity contribution in [2.24, 2.45) is 0 Å². The van der Waals surface area contributed by atoms with Gasteiger partial charge < -0.3 is 4.42 Å². The van der Waals surface area contributed by atoms with Crippen LogP contribution < -0.4 is 5.63 Å². The third kappa shape index (κ3) is 2.08. The van der Waals surface area contributed by atoms with Crippen LogP contribution in [0.3, 0.4) is 0 Å². The van der Waals surface area contributed by atoms with Gasteiger partial charge in [-0.2, -0.15) is 0 Å². The first kappa shape index (κ1) is 10.4. The molecule has 0 aliphatic carbocycles. The van der Waals surface area contributed by atoms with E-state index in [2.05, 4.69) is 0 Å². The van der Waals surface area contributed by atoms with Gasteiger partial charge in [0.2, 0.25) is 5.78 Å². The second kappa shape index (κ2) is 4.14. The van der Waals surface area contributed by atoms with Gasteiger partial charge in [-0.25, -0.2) is 4.79 Å². The summed E-state index contributed by atoms with van der Waals surface area (Å²) in [5.74, 6) is -0.214. The van der Waals surface area contributed by atoms with Gasteiger partial charge in [0.05, 0.1) is 0 Å². The Morgan fingerprint density at radius 3 is 2.38 bits per heavy atom. The summed E-state index contributed by atoms with van der Waals surface area (Å²) in [7, 11) is 0. The molecular weight excluding hydrogens is 204 g/mol. The zero-order valence-corrected chi connectivity index (χ0v) is 8.77. The number of hydrogen-bond acceptors (Lipinski definition) is 3. The first-order chi connectivity index (χ1) is 7.66. The molecule has 0 fully saturated rings. The molecule has 0 amide bonds. The standard InChI is InChI=1S/C13H10O3/c1-9-5-7-10(8-6-9)13(15)11-3-2-4-12(14)16-11/h2-8H,1H3. The van der Waals surface area contributed by atoms with Gasteiger partial charge in [0.15, 0.2) is 5.76 Å². The van der Waals surface area contributed by atoms with Crippen LogP contribution in [0, 0.1) is 6.92 Å². The minimum atomic E-state index is -0.516. The molecule has 0 saturated carbocycles. The molecule has 0 unspecified atom stereocenters. The minimum absolute atomic E-state index is 0.0661. The number of ketones is 1. The normalized spacial score (nSPS) is 10.1. The van der Waals surface area contributed by atoms with Crippen molar-refractivity contribution in [3.8, 4) is 0 Å². The zero-order chi connectivity index (χ0) is 11.5. The van der Waals surface area contributed by atoms with E-state index in [0.29, 0.717) is 5.56 Å². The van der Waals surface area contributed by atoms with Crippen molar-refractivity contribution in [1.29, 1.82) is 0 Å². The Kier molecular flexibility index (Phi) is 2.68. The monoisotopic (exact) mass is 214 g/mol. The lowest BCUT2D eigenvalue weighted by molar-refractivity contribution is 0.100. The van der Waals surface area contributed by atoms with Crippen LogP contribution in [-0.2, 0) is 0 Å². The summed E-state index contributed by atoms with van der Waals surface area (Å²) in [5.41, 5.74) is 1.07. The lowest BCUT2D eigenvalue weighted by Crippen LogP contribution is -2.06. The van der Waals surface area contributed by atoms with Gasteiger partial charge >= 0.3 is 5.63 Å². The van der Waals surface area contributed by atoms with E-state index in [0.717, 1.165) is 5.56 Å². The van der Waals surface area contributed by atoms with E-state index in [1.54, 1.807) is 12.1 Å². The van der Waals surface area contributed by atoms with Gasteiger partial charge in [-0.15, -0.1) is 0 Å². The molecule has 2 aromatic rings. The van der Waals surface area contributed by atoms with Gasteiger partial charge in [0.1, 0.15) is 0 Å². The fourth-order valence-corrected chi connectivity index (χ4v) is 1.36. The SMILES string of the molecule is Cc1ccc(C(=O)c2cccc(=O)o2)cc1. The van der Waals surface area contributed by atoms with Crippen LogP contribution >= 0.6 is 0 Å². The van der Waals surface area contributed by atoms with Crippen LogP contribution in [-0.4, -0.2) is 5.78 Å². The van der Waals surface area contributed by atoms with Crippen LogP contribution in [0.4, 0.5) is 0 Å². The molecule has 0 aliphatic rings. The summed E-state index contributed by atoms with van der Waals surface area (Å²) in [6.45, 7) is 1.94. The number of hydrogen-bond donors (Lipinski definition) is 0. The maximum absolute atomic E-state index is 11.9. The van der Waals surface area contributed by atoms with Gasteiger partial charge in [-0.1, -0.05) is 35.9 Å². The molecule has 0 atom stereocenters. The van der Waals surface area contributed by atoms with Crippen molar-refractivity contribution < 1.29 is 9.21 Å². The fourth-order valence-electron chi connectivity index (χ4n) is 1.36. The van der Waals surface area contributed by atoms with Crippen molar-refractivity contribution in [1.82, 2.24) is 0 Å². The topological polar surface area (TPSA) is 47.3 Å². The van der Waals surface area contributed by atoms with Gasteiger partial charge in [-0.05, 0) is 13.0 Å². The second-order valence-corrected chi connectivity index (χ2v) is 3.51. The molecule has 0 bridgehead atoms. The van der Waals surface area contributed by atoms with Crippen molar-refractivity contribution in [2.75, 3.05) is 0 Å². The van der Waals surface area contributed by atoms with E-state index >= 15 is 0 Å². The number of carbonyl (C=O) groups is 1. The Morgan fingerprint density at radius 2 is 1.75 bits per heavy atom. The molecule has 2 rings (SSSR count). The zero-order valence-electron chi connectivity index (χ0n) is 8.77. The Balaban J connectivity index is 2.39. The average Bonchev–Trinajstić information content (AvgIpc) is 2.29. The van der Waals surface area contributed by atoms with Gasteiger partial charge in [0.25, 0.3) is 0 Å². The fraction of sp³-hybridized carbons (Fsp3) is 0.0769. The molecule has 0 radical (unpaired) electrons. The van der Waals surface area contributed by atoms with Gasteiger partial charge in [0, 0.05) is 11.6 Å². The predicted octanol–water partition coefficient (Wildman–Crippen LogP) is 2.18. The van der Waals surface area contributed by atoms with E-state index in [1.165, 1.54) is 18.2 Å². The Bertz CT molecular complexity index is 564. The summed E-state index contributed by atoms with van der Waals surface area (Å²) in [4.78, 5) is 22.8. The molecule has 16 heavy (non-hydrogen) atoms. The number of carbonyl (C=O) groups excluding carboxylic acids is 1. The van der Waals surface area contributed by atoms with E-state index in [9.17, 15) is 9.59 Å². The average molecular weight is 214 g/mol. The maximum Gasteiger partial charge on any atom is 0.336 e. The van der Waals surface area contributed by atoms with Crippen molar-refractivity contribution in [3.63, 3.8) is 0 Å².